The van der Waals surface area contributed by atoms with E-state index in [2.05, 4.69) is 362 Å². The van der Waals surface area contributed by atoms with E-state index < -0.39 is 0 Å². The van der Waals surface area contributed by atoms with Crippen molar-refractivity contribution < 1.29 is 0 Å². The zero-order valence-corrected chi connectivity index (χ0v) is 58.7. The topological polar surface area (TPSA) is 19.7 Å². The molecule has 99 heavy (non-hydrogen) atoms. The number of nitrogens with zero attached hydrogens (tertiary/aromatic N) is 4. The van der Waals surface area contributed by atoms with Crippen LogP contribution in [0, 0.1) is 0 Å². The number of para-hydroxylation sites is 2. The van der Waals surface area contributed by atoms with Gasteiger partial charge in [0, 0.05) is 65.8 Å². The molecule has 0 unspecified atom stereocenters. The summed E-state index contributed by atoms with van der Waals surface area (Å²) >= 11 is 0. The van der Waals surface area contributed by atoms with Gasteiger partial charge in [0.25, 0.3) is 6.71 Å². The van der Waals surface area contributed by atoms with Crippen molar-refractivity contribution in [1.29, 1.82) is 0 Å². The lowest BCUT2D eigenvalue weighted by Crippen LogP contribution is -2.59. The normalized spacial score (nSPS) is 13.2. The summed E-state index contributed by atoms with van der Waals surface area (Å²) in [6.07, 6.45) is 0. The first-order chi connectivity index (χ1) is 47.7. The molecule has 0 bridgehead atoms. The molecule has 0 fully saturated rings. The molecule has 0 spiro atoms. The second kappa shape index (κ2) is 20.8. The minimum absolute atomic E-state index is 0.0387. The Hall–Kier alpha value is -10.9. The first-order valence-electron chi connectivity index (χ1n) is 35.5. The number of benzene rings is 13. The van der Waals surface area contributed by atoms with Gasteiger partial charge >= 0.3 is 0 Å². The van der Waals surface area contributed by atoms with E-state index in [1.54, 1.807) is 0 Å². The van der Waals surface area contributed by atoms with Crippen molar-refractivity contribution in [3.63, 3.8) is 0 Å². The van der Waals surface area contributed by atoms with Crippen molar-refractivity contribution >= 4 is 153 Å². The zero-order valence-electron chi connectivity index (χ0n) is 58.7. The molecule has 17 aromatic rings. The lowest BCUT2D eigenvalue weighted by atomic mass is 9.34. The predicted octanol–water partition coefficient (Wildman–Crippen LogP) is 23.3. The van der Waals surface area contributed by atoms with Crippen molar-refractivity contribution in [1.82, 2.24) is 18.3 Å². The van der Waals surface area contributed by atoms with Crippen LogP contribution in [0.2, 0.25) is 0 Å². The van der Waals surface area contributed by atoms with Gasteiger partial charge in [-0.25, -0.2) is 0 Å². The van der Waals surface area contributed by atoms with E-state index in [0.717, 1.165) is 33.8 Å². The third-order valence-electron chi connectivity index (χ3n) is 22.4. The third kappa shape index (κ3) is 8.72. The van der Waals surface area contributed by atoms with Gasteiger partial charge in [-0.15, -0.1) is 0 Å². The molecule has 0 amide bonds. The summed E-state index contributed by atoms with van der Waals surface area (Å²) in [6.45, 7) is 27.8. The number of aromatic nitrogens is 4. The van der Waals surface area contributed by atoms with Crippen LogP contribution in [-0.4, -0.2) is 25.0 Å². The second-order valence-electron chi connectivity index (χ2n) is 32.5. The fourth-order valence-electron chi connectivity index (χ4n) is 17.4. The molecule has 6 heterocycles. The fourth-order valence-corrected chi connectivity index (χ4v) is 17.4. The van der Waals surface area contributed by atoms with Gasteiger partial charge in [0.1, 0.15) is 0 Å². The SMILES string of the molecule is CC(C)(C)c1ccc2c(c1)c1cc(C(C)(C)C)ccc1n2-c1ccc2c(c1)-n1c3ccccc3c3ccccc3c3ccccc3c3cc4c5ccccc5c5ccccc5c5ccccc5n5c4c(c31)B2c1ccc(-n2c3ccc(C(C)(C)C)cc3c3cc(C(C)(C)C)ccc32)cc1-5. The van der Waals surface area contributed by atoms with Crippen molar-refractivity contribution in [3.05, 3.63) is 283 Å². The maximum absolute atomic E-state index is 2.71. The monoisotopic (exact) mass is 1270 g/mol. The highest BCUT2D eigenvalue weighted by Crippen LogP contribution is 2.46. The van der Waals surface area contributed by atoms with Crippen LogP contribution in [0.15, 0.2) is 261 Å². The van der Waals surface area contributed by atoms with Gasteiger partial charge < -0.3 is 18.3 Å². The standard InChI is InChI=1S/C94H79BN4/c1-91(2,3)56-37-45-82-72(49-56)73-50-57(92(4,5)6)38-46-83(73)96(82)60-41-43-78-86(53-60)98-80-35-23-21-33-70(80)66-29-17-13-25-62(66)64-27-15-19-31-68(64)76-55-77-69-32-20-16-28-65(69)63-26-14-18-30-67(63)71-34-22-24-36-81(71)99-87-54-61(42-44-79(87)95(78)88(89(76)98)90(77)99)97-84-47-39-58(93(7,8)9)51-74(84)75-52-59(94(10,11)12)40-48-85(75)97/h13-55H,1-12H3. The van der Waals surface area contributed by atoms with Crippen LogP contribution in [0.1, 0.15) is 105 Å². The fraction of sp³-hybridized carbons (Fsp3) is 0.170. The lowest BCUT2D eigenvalue weighted by Gasteiger charge is -2.36. The van der Waals surface area contributed by atoms with Crippen LogP contribution < -0.4 is 16.4 Å². The molecule has 19 rings (SSSR count). The molecule has 2 aliphatic rings. The molecular formula is C94H79BN4. The maximum Gasteiger partial charge on any atom is 0.252 e. The third-order valence-corrected chi connectivity index (χ3v) is 22.4. The Morgan fingerprint density at radius 2 is 0.465 bits per heavy atom. The quantitative estimate of drug-likeness (QED) is 0.154. The van der Waals surface area contributed by atoms with E-state index >= 15 is 0 Å². The zero-order chi connectivity index (χ0) is 67.5. The van der Waals surface area contributed by atoms with E-state index in [9.17, 15) is 0 Å². The molecule has 0 saturated heterocycles. The molecule has 13 aromatic carbocycles. The molecular weight excluding hydrogens is 1200 g/mol. The smallest absolute Gasteiger partial charge is 0.252 e. The van der Waals surface area contributed by atoms with Gasteiger partial charge in [-0.2, -0.15) is 0 Å². The summed E-state index contributed by atoms with van der Waals surface area (Å²) in [4.78, 5) is 0. The highest BCUT2D eigenvalue weighted by Gasteiger charge is 2.41. The largest absolute Gasteiger partial charge is 0.310 e. The molecule has 5 heteroatoms. The molecule has 2 aliphatic heterocycles. The van der Waals surface area contributed by atoms with Gasteiger partial charge in [0.15, 0.2) is 0 Å². The number of hydrogen-bond donors (Lipinski definition) is 0. The highest BCUT2D eigenvalue weighted by atomic mass is 15.0. The van der Waals surface area contributed by atoms with Crippen molar-refractivity contribution in [2.75, 3.05) is 0 Å². The van der Waals surface area contributed by atoms with E-state index in [1.807, 2.05) is 0 Å². The minimum atomic E-state index is -0.233. The molecule has 0 radical (unpaired) electrons. The van der Waals surface area contributed by atoms with Crippen molar-refractivity contribution in [3.8, 4) is 22.7 Å². The molecule has 0 aliphatic carbocycles. The van der Waals surface area contributed by atoms with Gasteiger partial charge in [-0.05, 0) is 194 Å². The van der Waals surface area contributed by atoms with E-state index in [4.69, 9.17) is 0 Å². The molecule has 4 nitrogen and oxygen atoms in total. The molecule has 478 valence electrons. The average Bonchev–Trinajstić information content (AvgIpc) is 1.55. The molecule has 0 saturated carbocycles. The summed E-state index contributed by atoms with van der Waals surface area (Å²) in [7, 11) is 0. The number of fused-ring (bicyclic) bond motifs is 26. The summed E-state index contributed by atoms with van der Waals surface area (Å²) in [5.41, 5.74) is 23.0. The van der Waals surface area contributed by atoms with Crippen LogP contribution in [0.4, 0.5) is 0 Å². The van der Waals surface area contributed by atoms with Crippen molar-refractivity contribution in [2.45, 2.75) is 105 Å². The predicted molar refractivity (Wildman–Crippen MR) is 429 cm³/mol. The lowest BCUT2D eigenvalue weighted by molar-refractivity contribution is 0.590. The van der Waals surface area contributed by atoms with Gasteiger partial charge in [-0.3, -0.25) is 0 Å². The Morgan fingerprint density at radius 3 is 0.758 bits per heavy atom. The second-order valence-corrected chi connectivity index (χ2v) is 32.5. The Labute approximate surface area is 578 Å². The van der Waals surface area contributed by atoms with Crippen LogP contribution in [0.3, 0.4) is 0 Å². The molecule has 0 atom stereocenters. The van der Waals surface area contributed by atoms with E-state index in [-0.39, 0.29) is 28.4 Å². The van der Waals surface area contributed by atoms with Crippen LogP contribution in [-0.2, 0) is 21.7 Å². The number of rotatable bonds is 2. The summed E-state index contributed by atoms with van der Waals surface area (Å²) in [5.74, 6) is 0. The Kier molecular flexibility index (Phi) is 12.5. The minimum Gasteiger partial charge on any atom is -0.310 e. The van der Waals surface area contributed by atoms with Gasteiger partial charge in [0.05, 0.1) is 44.1 Å². The van der Waals surface area contributed by atoms with Crippen molar-refractivity contribution in [2.24, 2.45) is 0 Å². The highest BCUT2D eigenvalue weighted by molar-refractivity contribution is 7.00. The Morgan fingerprint density at radius 1 is 0.212 bits per heavy atom. The maximum atomic E-state index is 2.71. The van der Waals surface area contributed by atoms with E-state index in [0.29, 0.717) is 0 Å². The average molecular weight is 1280 g/mol. The molecule has 4 aromatic heterocycles. The molecule has 0 N–H and O–H groups in total. The van der Waals surface area contributed by atoms with Crippen LogP contribution in [0.25, 0.3) is 153 Å². The van der Waals surface area contributed by atoms with Gasteiger partial charge in [-0.1, -0.05) is 253 Å². The van der Waals surface area contributed by atoms with Gasteiger partial charge in [0.2, 0.25) is 0 Å². The first kappa shape index (κ1) is 59.4. The summed E-state index contributed by atoms with van der Waals surface area (Å²) in [5, 5.41) is 19.5. The summed E-state index contributed by atoms with van der Waals surface area (Å²) in [6, 6.07) is 102. The Balaban J connectivity index is 1.06. The van der Waals surface area contributed by atoms with Crippen LogP contribution >= 0.6 is 0 Å². The van der Waals surface area contributed by atoms with E-state index in [1.165, 1.54) is 158 Å². The first-order valence-corrected chi connectivity index (χ1v) is 35.5. The summed E-state index contributed by atoms with van der Waals surface area (Å²) < 4.78 is 10.5. The Bertz CT molecular complexity index is 6050. The van der Waals surface area contributed by atoms with Crippen LogP contribution in [0.5, 0.6) is 0 Å². The number of hydrogen-bond acceptors (Lipinski definition) is 0.